The molecule has 0 radical (unpaired) electrons. The number of sulfone groups is 1. The fourth-order valence-corrected chi connectivity index (χ4v) is 4.31. The molecule has 0 fully saturated rings. The molecule has 1 aromatic rings. The minimum absolute atomic E-state index is 0.214. The first-order valence-corrected chi connectivity index (χ1v) is 9.58. The predicted molar refractivity (Wildman–Crippen MR) is 82.4 cm³/mol. The van der Waals surface area contributed by atoms with Gasteiger partial charge in [-0.3, -0.25) is 0 Å². The number of hydrogen-bond donors (Lipinski definition) is 1. The van der Waals surface area contributed by atoms with Crippen LogP contribution < -0.4 is 5.32 Å². The van der Waals surface area contributed by atoms with Crippen LogP contribution in [0.5, 0.6) is 0 Å². The molecule has 0 bridgehead atoms. The van der Waals surface area contributed by atoms with Crippen LogP contribution in [0.2, 0.25) is 5.02 Å². The average Bonchev–Trinajstić information content (AvgIpc) is 2.58. The largest absolute Gasteiger partial charge is 0.308 e. The van der Waals surface area contributed by atoms with Crippen LogP contribution in [0.15, 0.2) is 9.85 Å². The van der Waals surface area contributed by atoms with Crippen molar-refractivity contribution in [3.8, 4) is 0 Å². The van der Waals surface area contributed by atoms with E-state index in [1.807, 2.05) is 13.0 Å². The summed E-state index contributed by atoms with van der Waals surface area (Å²) in [7, 11) is -3.10. The molecule has 3 nitrogen and oxygen atoms in total. The van der Waals surface area contributed by atoms with E-state index >= 15 is 0 Å². The standard InChI is InChI=1S/C11H17BrClNO2S2/c1-4-5-14-10(7(2)18(3,15)16)9-6-8(13)11(12)17-9/h6-7,10,14H,4-5H2,1-3H3. The van der Waals surface area contributed by atoms with Crippen molar-refractivity contribution < 1.29 is 8.42 Å². The first-order valence-electron chi connectivity index (χ1n) is 5.64. The number of hydrogen-bond acceptors (Lipinski definition) is 4. The van der Waals surface area contributed by atoms with Gasteiger partial charge in [0.1, 0.15) is 0 Å². The molecule has 1 rings (SSSR count). The molecule has 0 aliphatic heterocycles. The molecule has 1 aromatic heterocycles. The summed E-state index contributed by atoms with van der Waals surface area (Å²) in [6.45, 7) is 4.55. The third-order valence-electron chi connectivity index (χ3n) is 2.73. The molecule has 7 heteroatoms. The Morgan fingerprint density at radius 3 is 2.56 bits per heavy atom. The fourth-order valence-electron chi connectivity index (χ4n) is 1.56. The van der Waals surface area contributed by atoms with Gasteiger partial charge in [-0.25, -0.2) is 8.42 Å². The molecule has 18 heavy (non-hydrogen) atoms. The van der Waals surface area contributed by atoms with Crippen LogP contribution in [-0.2, 0) is 9.84 Å². The Hall–Kier alpha value is 0.380. The molecule has 0 aliphatic carbocycles. The second kappa shape index (κ2) is 6.70. The summed E-state index contributed by atoms with van der Waals surface area (Å²) in [5.41, 5.74) is 0. The summed E-state index contributed by atoms with van der Waals surface area (Å²) in [4.78, 5) is 0.943. The molecule has 104 valence electrons. The Bertz CT molecular complexity index is 482. The molecule has 0 saturated heterocycles. The third kappa shape index (κ3) is 4.20. The molecule has 0 spiro atoms. The van der Waals surface area contributed by atoms with Crippen molar-refractivity contribution in [1.82, 2.24) is 5.32 Å². The van der Waals surface area contributed by atoms with Crippen molar-refractivity contribution in [3.05, 3.63) is 19.8 Å². The van der Waals surface area contributed by atoms with Crippen molar-refractivity contribution in [3.63, 3.8) is 0 Å². The van der Waals surface area contributed by atoms with E-state index in [2.05, 4.69) is 21.2 Å². The zero-order valence-electron chi connectivity index (χ0n) is 10.5. The fraction of sp³-hybridized carbons (Fsp3) is 0.636. The molecule has 0 amide bonds. The molecule has 1 N–H and O–H groups in total. The summed E-state index contributed by atoms with van der Waals surface area (Å²) in [6, 6.07) is 1.61. The van der Waals surface area contributed by atoms with E-state index in [0.29, 0.717) is 5.02 Å². The highest BCUT2D eigenvalue weighted by Gasteiger charge is 2.28. The summed E-state index contributed by atoms with van der Waals surface area (Å²) >= 11 is 10.8. The SMILES string of the molecule is CCCNC(c1cc(Cl)c(Br)s1)C(C)S(C)(=O)=O. The first kappa shape index (κ1) is 16.4. The van der Waals surface area contributed by atoms with E-state index in [0.717, 1.165) is 21.6 Å². The summed E-state index contributed by atoms with van der Waals surface area (Å²) in [6.07, 6.45) is 2.22. The van der Waals surface area contributed by atoms with Crippen molar-refractivity contribution in [1.29, 1.82) is 0 Å². The van der Waals surface area contributed by atoms with Crippen LogP contribution >= 0.6 is 38.9 Å². The molecule has 2 unspecified atom stereocenters. The summed E-state index contributed by atoms with van der Waals surface area (Å²) < 4.78 is 24.3. The highest BCUT2D eigenvalue weighted by molar-refractivity contribution is 9.11. The van der Waals surface area contributed by atoms with Gasteiger partial charge in [0, 0.05) is 11.1 Å². The van der Waals surface area contributed by atoms with Crippen molar-refractivity contribution in [2.45, 2.75) is 31.6 Å². The van der Waals surface area contributed by atoms with Gasteiger partial charge >= 0.3 is 0 Å². The van der Waals surface area contributed by atoms with E-state index in [-0.39, 0.29) is 6.04 Å². The van der Waals surface area contributed by atoms with E-state index in [1.54, 1.807) is 6.92 Å². The number of thiophene rings is 1. The smallest absolute Gasteiger partial charge is 0.151 e. The maximum absolute atomic E-state index is 11.7. The molecule has 1 heterocycles. The Kier molecular flexibility index (Phi) is 6.12. The average molecular weight is 375 g/mol. The lowest BCUT2D eigenvalue weighted by molar-refractivity contribution is 0.506. The topological polar surface area (TPSA) is 46.2 Å². The molecule has 2 atom stereocenters. The van der Waals surface area contributed by atoms with Crippen molar-refractivity contribution >= 4 is 48.7 Å². The van der Waals surface area contributed by atoms with Crippen LogP contribution in [-0.4, -0.2) is 26.5 Å². The van der Waals surface area contributed by atoms with Crippen LogP contribution in [0.1, 0.15) is 31.2 Å². The molecular formula is C11H17BrClNO2S2. The Morgan fingerprint density at radius 2 is 2.17 bits per heavy atom. The van der Waals surface area contributed by atoms with Gasteiger partial charge in [-0.1, -0.05) is 18.5 Å². The zero-order valence-corrected chi connectivity index (χ0v) is 14.5. The van der Waals surface area contributed by atoms with Crippen molar-refractivity contribution in [2.75, 3.05) is 12.8 Å². The van der Waals surface area contributed by atoms with Gasteiger partial charge in [0.15, 0.2) is 9.84 Å². The highest BCUT2D eigenvalue weighted by Crippen LogP contribution is 2.37. The quantitative estimate of drug-likeness (QED) is 0.827. The van der Waals surface area contributed by atoms with Gasteiger partial charge in [0.05, 0.1) is 20.1 Å². The molecular weight excluding hydrogens is 358 g/mol. The maximum atomic E-state index is 11.7. The highest BCUT2D eigenvalue weighted by atomic mass is 79.9. The van der Waals surface area contributed by atoms with E-state index in [9.17, 15) is 8.42 Å². The second-order valence-electron chi connectivity index (χ2n) is 4.24. The maximum Gasteiger partial charge on any atom is 0.151 e. The predicted octanol–water partition coefficient (Wildman–Crippen LogP) is 3.64. The lowest BCUT2D eigenvalue weighted by Crippen LogP contribution is -2.34. The number of halogens is 2. The second-order valence-corrected chi connectivity index (χ2v) is 9.45. The zero-order chi connectivity index (χ0) is 13.9. The van der Waals surface area contributed by atoms with Crippen LogP contribution in [0.4, 0.5) is 0 Å². The molecule has 0 aromatic carbocycles. The Morgan fingerprint density at radius 1 is 1.56 bits per heavy atom. The van der Waals surface area contributed by atoms with Gasteiger partial charge in [-0.2, -0.15) is 0 Å². The van der Waals surface area contributed by atoms with Gasteiger partial charge in [-0.05, 0) is 41.9 Å². The van der Waals surface area contributed by atoms with Gasteiger partial charge in [-0.15, -0.1) is 11.3 Å². The van der Waals surface area contributed by atoms with Crippen LogP contribution in [0, 0.1) is 0 Å². The summed E-state index contributed by atoms with van der Waals surface area (Å²) in [5.74, 6) is 0. The Labute approximate surface area is 126 Å². The minimum atomic E-state index is -3.10. The number of rotatable bonds is 6. The lowest BCUT2D eigenvalue weighted by Gasteiger charge is -2.22. The molecule has 0 saturated carbocycles. The minimum Gasteiger partial charge on any atom is -0.308 e. The van der Waals surface area contributed by atoms with E-state index < -0.39 is 15.1 Å². The van der Waals surface area contributed by atoms with Crippen LogP contribution in [0.3, 0.4) is 0 Å². The van der Waals surface area contributed by atoms with Gasteiger partial charge < -0.3 is 5.32 Å². The summed E-state index contributed by atoms with van der Waals surface area (Å²) in [5, 5.41) is 3.43. The normalized spacial score (nSPS) is 15.6. The number of nitrogens with one attached hydrogen (secondary N) is 1. The van der Waals surface area contributed by atoms with Crippen molar-refractivity contribution in [2.24, 2.45) is 0 Å². The van der Waals surface area contributed by atoms with Gasteiger partial charge in [0.2, 0.25) is 0 Å². The Balaban J connectivity index is 3.05. The van der Waals surface area contributed by atoms with E-state index in [1.165, 1.54) is 17.6 Å². The molecule has 0 aliphatic rings. The first-order chi connectivity index (χ1) is 8.27. The van der Waals surface area contributed by atoms with Gasteiger partial charge in [0.25, 0.3) is 0 Å². The van der Waals surface area contributed by atoms with E-state index in [4.69, 9.17) is 11.6 Å². The monoisotopic (exact) mass is 373 g/mol. The lowest BCUT2D eigenvalue weighted by atomic mass is 10.2. The van der Waals surface area contributed by atoms with Crippen LogP contribution in [0.25, 0.3) is 0 Å². The third-order valence-corrected chi connectivity index (χ3v) is 6.91.